The van der Waals surface area contributed by atoms with Gasteiger partial charge in [-0.25, -0.2) is 0 Å². The molecule has 18 heavy (non-hydrogen) atoms. The molecule has 1 aliphatic rings. The van der Waals surface area contributed by atoms with E-state index >= 15 is 0 Å². The minimum Gasteiger partial charge on any atom is -0.370 e. The fourth-order valence-corrected chi connectivity index (χ4v) is 2.69. The number of allylic oxidation sites excluding steroid dienone is 2. The number of unbranched alkanes of at least 4 members (excludes halogenated alkanes) is 1. The topological polar surface area (TPSA) is 9.23 Å². The van der Waals surface area contributed by atoms with Gasteiger partial charge in [-0.15, -0.1) is 0 Å². The van der Waals surface area contributed by atoms with Crippen molar-refractivity contribution in [2.24, 2.45) is 11.8 Å². The van der Waals surface area contributed by atoms with Gasteiger partial charge in [0.2, 0.25) is 0 Å². The van der Waals surface area contributed by atoms with Crippen LogP contribution in [-0.4, -0.2) is 17.5 Å². The average Bonchev–Trinajstić information content (AvgIpc) is 2.35. The zero-order valence-electron chi connectivity index (χ0n) is 12.2. The lowest BCUT2D eigenvalue weighted by Crippen LogP contribution is -2.39. The van der Waals surface area contributed by atoms with Gasteiger partial charge in [0.25, 0.3) is 0 Å². The first-order valence-electron chi connectivity index (χ1n) is 7.10. The molecule has 0 amide bonds. The number of hydrogen-bond acceptors (Lipinski definition) is 1. The second kappa shape index (κ2) is 7.49. The van der Waals surface area contributed by atoms with E-state index in [1.54, 1.807) is 0 Å². The summed E-state index contributed by atoms with van der Waals surface area (Å²) >= 11 is 3.47. The molecule has 0 aliphatic heterocycles. The predicted octanol–water partition coefficient (Wildman–Crippen LogP) is 5.12. The van der Waals surface area contributed by atoms with Gasteiger partial charge < -0.3 is 4.74 Å². The maximum Gasteiger partial charge on any atom is 0.0925 e. The zero-order chi connectivity index (χ0) is 13.6. The molecule has 0 aromatic heterocycles. The Balaban J connectivity index is 2.66. The Morgan fingerprint density at radius 2 is 2.00 bits per heavy atom. The molecule has 1 rings (SSSR count). The second-order valence-electron chi connectivity index (χ2n) is 5.79. The van der Waals surface area contributed by atoms with Gasteiger partial charge in [-0.3, -0.25) is 0 Å². The second-order valence-corrected chi connectivity index (χ2v) is 6.58. The van der Waals surface area contributed by atoms with Crippen molar-refractivity contribution < 1.29 is 4.74 Å². The Labute approximate surface area is 121 Å². The quantitative estimate of drug-likeness (QED) is 0.468. The van der Waals surface area contributed by atoms with Gasteiger partial charge in [0.15, 0.2) is 0 Å². The molecule has 1 unspecified atom stereocenters. The first-order valence-corrected chi connectivity index (χ1v) is 8.22. The van der Waals surface area contributed by atoms with Crippen molar-refractivity contribution in [2.75, 3.05) is 11.9 Å². The van der Waals surface area contributed by atoms with E-state index < -0.39 is 0 Å². The molecule has 0 saturated carbocycles. The summed E-state index contributed by atoms with van der Waals surface area (Å²) < 4.78 is 6.27. The van der Waals surface area contributed by atoms with Crippen molar-refractivity contribution in [1.82, 2.24) is 0 Å². The van der Waals surface area contributed by atoms with Crippen molar-refractivity contribution in [2.45, 2.75) is 52.6 Å². The standard InChI is InChI=1S/C16H27BrO/c1-13(2)15-8-7-9-16(12-15,14(3)4)18-11-6-5-10-17/h7-9,13-14H,5-6,10-12H2,1-4H3. The molecule has 1 nitrogen and oxygen atoms in total. The Bertz CT molecular complexity index is 304. The van der Waals surface area contributed by atoms with Crippen LogP contribution in [0.3, 0.4) is 0 Å². The van der Waals surface area contributed by atoms with Crippen LogP contribution in [0.1, 0.15) is 47.0 Å². The number of alkyl halides is 1. The van der Waals surface area contributed by atoms with Crippen molar-refractivity contribution in [3.63, 3.8) is 0 Å². The highest BCUT2D eigenvalue weighted by atomic mass is 79.9. The molecule has 2 heteroatoms. The predicted molar refractivity (Wildman–Crippen MR) is 83.2 cm³/mol. The number of halogens is 1. The summed E-state index contributed by atoms with van der Waals surface area (Å²) in [6.07, 6.45) is 10.1. The third-order valence-electron chi connectivity index (χ3n) is 3.79. The van der Waals surface area contributed by atoms with Gasteiger partial charge in [0, 0.05) is 18.4 Å². The van der Waals surface area contributed by atoms with E-state index in [0.717, 1.165) is 24.8 Å². The molecule has 0 radical (unpaired) electrons. The lowest BCUT2D eigenvalue weighted by atomic mass is 9.78. The Morgan fingerprint density at radius 1 is 1.28 bits per heavy atom. The number of hydrogen-bond donors (Lipinski definition) is 0. The molecule has 0 bridgehead atoms. The summed E-state index contributed by atoms with van der Waals surface area (Å²) in [5.41, 5.74) is 1.42. The van der Waals surface area contributed by atoms with Gasteiger partial charge in [0.1, 0.15) is 0 Å². The van der Waals surface area contributed by atoms with Crippen LogP contribution in [0, 0.1) is 11.8 Å². The summed E-state index contributed by atoms with van der Waals surface area (Å²) in [4.78, 5) is 0. The van der Waals surface area contributed by atoms with Crippen molar-refractivity contribution in [3.8, 4) is 0 Å². The van der Waals surface area contributed by atoms with Crippen LogP contribution in [0.5, 0.6) is 0 Å². The Hall–Kier alpha value is -0.0800. The first kappa shape index (κ1) is 16.0. The molecule has 104 valence electrons. The van der Waals surface area contributed by atoms with Gasteiger partial charge in [-0.2, -0.15) is 0 Å². The third kappa shape index (κ3) is 4.24. The molecule has 1 aliphatic carbocycles. The van der Waals surface area contributed by atoms with E-state index in [9.17, 15) is 0 Å². The molecule has 1 atom stereocenters. The minimum atomic E-state index is -0.0827. The smallest absolute Gasteiger partial charge is 0.0925 e. The summed E-state index contributed by atoms with van der Waals surface area (Å²) in [5.74, 6) is 1.12. The maximum absolute atomic E-state index is 6.27. The molecule has 0 fully saturated rings. The van der Waals surface area contributed by atoms with Crippen molar-refractivity contribution in [3.05, 3.63) is 23.8 Å². The monoisotopic (exact) mass is 314 g/mol. The van der Waals surface area contributed by atoms with Crippen molar-refractivity contribution in [1.29, 1.82) is 0 Å². The fourth-order valence-electron chi connectivity index (χ4n) is 2.29. The molecule has 0 saturated heterocycles. The molecular formula is C16H27BrO. The molecule has 0 heterocycles. The largest absolute Gasteiger partial charge is 0.370 e. The number of rotatable bonds is 7. The highest BCUT2D eigenvalue weighted by Crippen LogP contribution is 2.36. The average molecular weight is 315 g/mol. The van der Waals surface area contributed by atoms with Crippen LogP contribution < -0.4 is 0 Å². The lowest BCUT2D eigenvalue weighted by Gasteiger charge is -2.38. The fraction of sp³-hybridized carbons (Fsp3) is 0.750. The summed E-state index contributed by atoms with van der Waals surface area (Å²) in [5, 5.41) is 1.07. The summed E-state index contributed by atoms with van der Waals surface area (Å²) in [6.45, 7) is 9.91. The van der Waals surface area contributed by atoms with Gasteiger partial charge in [-0.05, 0) is 24.7 Å². The van der Waals surface area contributed by atoms with Crippen LogP contribution >= 0.6 is 15.9 Å². The highest BCUT2D eigenvalue weighted by Gasteiger charge is 2.34. The maximum atomic E-state index is 6.27. The van der Waals surface area contributed by atoms with Crippen LogP contribution in [0.25, 0.3) is 0 Å². The SMILES string of the molecule is CC(C)C1=CC=CC(OCCCCBr)(C(C)C)C1. The number of ether oxygens (including phenoxy) is 1. The normalized spacial score (nSPS) is 23.8. The minimum absolute atomic E-state index is 0.0827. The highest BCUT2D eigenvalue weighted by molar-refractivity contribution is 9.09. The van der Waals surface area contributed by atoms with Gasteiger partial charge >= 0.3 is 0 Å². The molecule has 0 aromatic carbocycles. The summed E-state index contributed by atoms with van der Waals surface area (Å²) in [6, 6.07) is 0. The third-order valence-corrected chi connectivity index (χ3v) is 4.35. The summed E-state index contributed by atoms with van der Waals surface area (Å²) in [7, 11) is 0. The Morgan fingerprint density at radius 3 is 2.56 bits per heavy atom. The lowest BCUT2D eigenvalue weighted by molar-refractivity contribution is -0.0438. The van der Waals surface area contributed by atoms with E-state index in [2.05, 4.69) is 61.9 Å². The van der Waals surface area contributed by atoms with E-state index in [4.69, 9.17) is 4.74 Å². The first-order chi connectivity index (χ1) is 8.52. The van der Waals surface area contributed by atoms with E-state index in [-0.39, 0.29) is 5.60 Å². The van der Waals surface area contributed by atoms with Gasteiger partial charge in [-0.1, -0.05) is 67.4 Å². The Kier molecular flexibility index (Phi) is 6.65. The van der Waals surface area contributed by atoms with E-state index in [1.165, 1.54) is 12.0 Å². The van der Waals surface area contributed by atoms with Crippen molar-refractivity contribution >= 4 is 15.9 Å². The van der Waals surface area contributed by atoms with Crippen LogP contribution in [0.2, 0.25) is 0 Å². The van der Waals surface area contributed by atoms with Crippen LogP contribution in [0.4, 0.5) is 0 Å². The molecule has 0 aromatic rings. The molecular weight excluding hydrogens is 288 g/mol. The van der Waals surface area contributed by atoms with Gasteiger partial charge in [0.05, 0.1) is 5.60 Å². The van der Waals surface area contributed by atoms with Crippen LogP contribution in [-0.2, 0) is 4.74 Å². The van der Waals surface area contributed by atoms with E-state index in [1.807, 2.05) is 0 Å². The molecule has 0 spiro atoms. The van der Waals surface area contributed by atoms with E-state index in [0.29, 0.717) is 11.8 Å². The van der Waals surface area contributed by atoms with Crippen LogP contribution in [0.15, 0.2) is 23.8 Å². The zero-order valence-corrected chi connectivity index (χ0v) is 13.8. The molecule has 0 N–H and O–H groups in total.